The Morgan fingerprint density at radius 1 is 1.11 bits per heavy atom. The van der Waals surface area contributed by atoms with Crippen LogP contribution in [0.5, 0.6) is 0 Å². The molecule has 3 N–H and O–H groups in total. The lowest BCUT2D eigenvalue weighted by Gasteiger charge is -2.26. The number of hydrogen-bond acceptors (Lipinski definition) is 4. The Labute approximate surface area is 186 Å². The number of benzene rings is 1. The van der Waals surface area contributed by atoms with E-state index in [1.807, 2.05) is 65.0 Å². The molecule has 0 aliphatic rings. The molecule has 1 unspecified atom stereocenters. The molecule has 0 saturated carbocycles. The minimum absolute atomic E-state index is 0. The number of amides is 1. The van der Waals surface area contributed by atoms with Crippen LogP contribution in [0.15, 0.2) is 35.3 Å². The number of carbonyl (C=O) groups excluding carboxylic acids is 1. The van der Waals surface area contributed by atoms with E-state index in [0.717, 1.165) is 5.56 Å². The third-order valence-electron chi connectivity index (χ3n) is 3.82. The van der Waals surface area contributed by atoms with Gasteiger partial charge in [-0.3, -0.25) is 4.99 Å². The summed E-state index contributed by atoms with van der Waals surface area (Å²) < 4.78 is 10.8. The smallest absolute Gasteiger partial charge is 0.408 e. The highest BCUT2D eigenvalue weighted by Crippen LogP contribution is 2.14. The standard InChI is InChI=1S/C20H34N4O3.HI/c1-19(2,3)27-18(25)24-16(15-11-9-8-10-12-15)13-22-17(21-6)23-14-20(4,5)26-7;/h8-12,16H,13-14H2,1-7H3,(H,24,25)(H2,21,22,23);1H. The molecule has 8 heteroatoms. The summed E-state index contributed by atoms with van der Waals surface area (Å²) >= 11 is 0. The minimum atomic E-state index is -0.553. The van der Waals surface area contributed by atoms with E-state index in [2.05, 4.69) is 20.9 Å². The topological polar surface area (TPSA) is 84.0 Å². The Morgan fingerprint density at radius 2 is 1.71 bits per heavy atom. The first kappa shape index (κ1) is 26.4. The van der Waals surface area contributed by atoms with Crippen molar-refractivity contribution in [2.75, 3.05) is 27.2 Å². The maximum absolute atomic E-state index is 12.2. The van der Waals surface area contributed by atoms with Crippen LogP contribution < -0.4 is 16.0 Å². The fourth-order valence-electron chi connectivity index (χ4n) is 2.18. The van der Waals surface area contributed by atoms with Crippen molar-refractivity contribution >= 4 is 36.0 Å². The molecular weight excluding hydrogens is 471 g/mol. The van der Waals surface area contributed by atoms with E-state index >= 15 is 0 Å². The lowest BCUT2D eigenvalue weighted by molar-refractivity contribution is 0.0268. The van der Waals surface area contributed by atoms with Crippen molar-refractivity contribution < 1.29 is 14.3 Å². The number of rotatable bonds is 7. The first-order valence-electron chi connectivity index (χ1n) is 9.10. The summed E-state index contributed by atoms with van der Waals surface area (Å²) in [5.74, 6) is 0.632. The number of aliphatic imine (C=N–C) groups is 1. The van der Waals surface area contributed by atoms with Gasteiger partial charge in [0.15, 0.2) is 5.96 Å². The molecule has 0 aliphatic heterocycles. The van der Waals surface area contributed by atoms with E-state index in [1.54, 1.807) is 14.2 Å². The first-order chi connectivity index (χ1) is 12.6. The van der Waals surface area contributed by atoms with Gasteiger partial charge < -0.3 is 25.4 Å². The molecule has 0 aliphatic carbocycles. The van der Waals surface area contributed by atoms with Crippen molar-refractivity contribution in [2.24, 2.45) is 4.99 Å². The summed E-state index contributed by atoms with van der Waals surface area (Å²) in [4.78, 5) is 16.5. The van der Waals surface area contributed by atoms with E-state index < -0.39 is 11.7 Å². The summed E-state index contributed by atoms with van der Waals surface area (Å²) in [6.07, 6.45) is -0.457. The third-order valence-corrected chi connectivity index (χ3v) is 3.82. The van der Waals surface area contributed by atoms with Crippen LogP contribution in [0.1, 0.15) is 46.2 Å². The Balaban J connectivity index is 0.00000729. The molecule has 160 valence electrons. The van der Waals surface area contributed by atoms with E-state index in [-0.39, 0.29) is 35.6 Å². The van der Waals surface area contributed by atoms with Gasteiger partial charge in [-0.1, -0.05) is 30.3 Å². The molecule has 1 amide bonds. The van der Waals surface area contributed by atoms with Crippen molar-refractivity contribution in [2.45, 2.75) is 51.9 Å². The summed E-state index contributed by atoms with van der Waals surface area (Å²) in [6.45, 7) is 10.5. The van der Waals surface area contributed by atoms with Gasteiger partial charge in [-0.05, 0) is 40.2 Å². The second kappa shape index (κ2) is 12.1. The lowest BCUT2D eigenvalue weighted by Crippen LogP contribution is -2.47. The van der Waals surface area contributed by atoms with Gasteiger partial charge in [-0.25, -0.2) is 4.79 Å². The van der Waals surface area contributed by atoms with Crippen LogP contribution in [0, 0.1) is 0 Å². The number of nitrogens with one attached hydrogen (secondary N) is 3. The maximum Gasteiger partial charge on any atom is 0.408 e. The molecule has 28 heavy (non-hydrogen) atoms. The monoisotopic (exact) mass is 506 g/mol. The van der Waals surface area contributed by atoms with Crippen molar-refractivity contribution in [1.82, 2.24) is 16.0 Å². The molecule has 0 spiro atoms. The van der Waals surface area contributed by atoms with Crippen LogP contribution in [0.25, 0.3) is 0 Å². The van der Waals surface area contributed by atoms with Crippen molar-refractivity contribution in [3.63, 3.8) is 0 Å². The Bertz CT molecular complexity index is 616. The molecule has 1 aromatic rings. The van der Waals surface area contributed by atoms with Crippen LogP contribution in [0.4, 0.5) is 4.79 Å². The number of hydrogen-bond donors (Lipinski definition) is 3. The minimum Gasteiger partial charge on any atom is -0.444 e. The van der Waals surface area contributed by atoms with Gasteiger partial charge in [0.1, 0.15) is 5.60 Å². The van der Waals surface area contributed by atoms with Gasteiger partial charge in [0.25, 0.3) is 0 Å². The first-order valence-corrected chi connectivity index (χ1v) is 9.10. The number of guanidine groups is 1. The average molecular weight is 506 g/mol. The molecule has 7 nitrogen and oxygen atoms in total. The predicted octanol–water partition coefficient (Wildman–Crippen LogP) is 3.46. The zero-order valence-corrected chi connectivity index (χ0v) is 20.3. The van der Waals surface area contributed by atoms with Gasteiger partial charge >= 0.3 is 6.09 Å². The fraction of sp³-hybridized carbons (Fsp3) is 0.600. The molecule has 0 bridgehead atoms. The largest absolute Gasteiger partial charge is 0.444 e. The summed E-state index contributed by atoms with van der Waals surface area (Å²) in [6, 6.07) is 9.48. The zero-order chi connectivity index (χ0) is 20.5. The Hall–Kier alpha value is -1.55. The molecule has 0 saturated heterocycles. The van der Waals surface area contributed by atoms with Crippen LogP contribution >= 0.6 is 24.0 Å². The van der Waals surface area contributed by atoms with Gasteiger partial charge in [0, 0.05) is 27.2 Å². The molecule has 1 atom stereocenters. The number of ether oxygens (including phenoxy) is 2. The molecule has 0 fully saturated rings. The molecule has 0 radical (unpaired) electrons. The summed E-state index contributed by atoms with van der Waals surface area (Å²) in [5.41, 5.74) is 0.108. The SMILES string of the molecule is CN=C(NCC(NC(=O)OC(C)(C)C)c1ccccc1)NCC(C)(C)OC.I. The highest BCUT2D eigenvalue weighted by molar-refractivity contribution is 14.0. The van der Waals surface area contributed by atoms with E-state index in [1.165, 1.54) is 0 Å². The van der Waals surface area contributed by atoms with E-state index in [9.17, 15) is 4.79 Å². The number of halogens is 1. The van der Waals surface area contributed by atoms with Gasteiger partial charge in [-0.2, -0.15) is 0 Å². The summed E-state index contributed by atoms with van der Waals surface area (Å²) in [7, 11) is 3.38. The highest BCUT2D eigenvalue weighted by Gasteiger charge is 2.21. The van der Waals surface area contributed by atoms with Gasteiger partial charge in [0.2, 0.25) is 0 Å². The predicted molar refractivity (Wildman–Crippen MR) is 124 cm³/mol. The van der Waals surface area contributed by atoms with E-state index in [4.69, 9.17) is 9.47 Å². The quantitative estimate of drug-likeness (QED) is 0.300. The zero-order valence-electron chi connectivity index (χ0n) is 18.0. The number of nitrogens with zero attached hydrogens (tertiary/aromatic N) is 1. The molecule has 0 aromatic heterocycles. The lowest BCUT2D eigenvalue weighted by atomic mass is 10.1. The number of methoxy groups -OCH3 is 1. The van der Waals surface area contributed by atoms with Gasteiger partial charge in [0.05, 0.1) is 11.6 Å². The maximum atomic E-state index is 12.2. The highest BCUT2D eigenvalue weighted by atomic mass is 127. The molecule has 1 aromatic carbocycles. The van der Waals surface area contributed by atoms with Gasteiger partial charge in [-0.15, -0.1) is 24.0 Å². The van der Waals surface area contributed by atoms with E-state index in [0.29, 0.717) is 19.0 Å². The second-order valence-electron chi connectivity index (χ2n) is 7.88. The number of alkyl carbamates (subject to hydrolysis) is 1. The summed E-state index contributed by atoms with van der Waals surface area (Å²) in [5, 5.41) is 9.40. The molecular formula is C20H35IN4O3. The van der Waals surface area contributed by atoms with Crippen molar-refractivity contribution in [3.05, 3.63) is 35.9 Å². The van der Waals surface area contributed by atoms with Crippen molar-refractivity contribution in [1.29, 1.82) is 0 Å². The Kier molecular flexibility index (Phi) is 11.4. The fourth-order valence-corrected chi connectivity index (χ4v) is 2.18. The second-order valence-corrected chi connectivity index (χ2v) is 7.88. The van der Waals surface area contributed by atoms with Crippen LogP contribution in [0.2, 0.25) is 0 Å². The van der Waals surface area contributed by atoms with Crippen LogP contribution in [-0.2, 0) is 9.47 Å². The normalized spacial score (nSPS) is 13.2. The average Bonchev–Trinajstić information content (AvgIpc) is 2.60. The molecule has 1 rings (SSSR count). The van der Waals surface area contributed by atoms with Crippen LogP contribution in [0.3, 0.4) is 0 Å². The molecule has 0 heterocycles. The third kappa shape index (κ3) is 10.7. The Morgan fingerprint density at radius 3 is 2.21 bits per heavy atom. The van der Waals surface area contributed by atoms with Crippen LogP contribution in [-0.4, -0.2) is 50.5 Å². The number of carbonyl (C=O) groups is 1. The van der Waals surface area contributed by atoms with Crippen molar-refractivity contribution in [3.8, 4) is 0 Å².